The normalized spacial score (nSPS) is 19.6. The summed E-state index contributed by atoms with van der Waals surface area (Å²) in [6.07, 6.45) is -0.803. The van der Waals surface area contributed by atoms with Gasteiger partial charge in [0, 0.05) is 18.2 Å². The van der Waals surface area contributed by atoms with Crippen LogP contribution >= 0.6 is 0 Å². The Labute approximate surface area is 167 Å². The molecule has 1 aromatic rings. The Kier molecular flexibility index (Phi) is 6.19. The first-order valence-electron chi connectivity index (χ1n) is 9.81. The van der Waals surface area contributed by atoms with Crippen LogP contribution in [-0.4, -0.2) is 35.2 Å². The van der Waals surface area contributed by atoms with E-state index in [2.05, 4.69) is 10.1 Å². The number of hydrogen-bond donors (Lipinski definition) is 1. The van der Waals surface area contributed by atoms with Crippen molar-refractivity contribution in [2.24, 2.45) is 0 Å². The minimum atomic E-state index is -4.74. The molecular formula is C21H25F3N2O3. The van der Waals surface area contributed by atoms with Crippen LogP contribution < -0.4 is 10.1 Å². The topological polar surface area (TPSA) is 58.6 Å². The molecule has 0 saturated heterocycles. The number of rotatable bonds is 6. The van der Waals surface area contributed by atoms with Crippen molar-refractivity contribution >= 4 is 11.8 Å². The van der Waals surface area contributed by atoms with E-state index in [0.29, 0.717) is 11.1 Å². The van der Waals surface area contributed by atoms with Crippen LogP contribution in [0.25, 0.3) is 0 Å². The molecule has 158 valence electrons. The van der Waals surface area contributed by atoms with Crippen LogP contribution in [0, 0.1) is 0 Å². The summed E-state index contributed by atoms with van der Waals surface area (Å²) in [5.74, 6) is -0.634. The molecule has 0 spiro atoms. The van der Waals surface area contributed by atoms with Crippen LogP contribution in [-0.2, 0) is 16.1 Å². The highest BCUT2D eigenvalue weighted by atomic mass is 19.4. The lowest BCUT2D eigenvalue weighted by atomic mass is 9.88. The molecule has 1 N–H and O–H groups in total. The quantitative estimate of drug-likeness (QED) is 0.769. The predicted octanol–water partition coefficient (Wildman–Crippen LogP) is 4.08. The number of nitrogens with zero attached hydrogens (tertiary/aromatic N) is 1. The van der Waals surface area contributed by atoms with Crippen molar-refractivity contribution in [2.75, 3.05) is 0 Å². The maximum Gasteiger partial charge on any atom is 0.573 e. The lowest BCUT2D eigenvalue weighted by Gasteiger charge is -2.33. The second-order valence-electron chi connectivity index (χ2n) is 7.72. The first-order chi connectivity index (χ1) is 13.7. The number of halogens is 3. The van der Waals surface area contributed by atoms with E-state index in [1.807, 2.05) is 18.7 Å². The minimum absolute atomic E-state index is 0.0309. The fourth-order valence-corrected chi connectivity index (χ4v) is 4.10. The number of benzene rings is 1. The smallest absolute Gasteiger partial charge is 0.406 e. The van der Waals surface area contributed by atoms with Gasteiger partial charge in [-0.2, -0.15) is 0 Å². The van der Waals surface area contributed by atoms with Crippen LogP contribution in [0.3, 0.4) is 0 Å². The molecule has 1 aliphatic heterocycles. The summed E-state index contributed by atoms with van der Waals surface area (Å²) in [7, 11) is 0. The van der Waals surface area contributed by atoms with Gasteiger partial charge in [0.15, 0.2) is 0 Å². The summed E-state index contributed by atoms with van der Waals surface area (Å²) in [5, 5.41) is 2.75. The maximum absolute atomic E-state index is 12.9. The molecule has 0 bridgehead atoms. The van der Waals surface area contributed by atoms with Crippen molar-refractivity contribution < 1.29 is 27.5 Å². The van der Waals surface area contributed by atoms with Gasteiger partial charge in [-0.25, -0.2) is 0 Å². The van der Waals surface area contributed by atoms with Gasteiger partial charge in [-0.05, 0) is 56.4 Å². The molecule has 1 fully saturated rings. The van der Waals surface area contributed by atoms with Gasteiger partial charge >= 0.3 is 6.36 Å². The van der Waals surface area contributed by atoms with E-state index in [-0.39, 0.29) is 42.6 Å². The Morgan fingerprint density at radius 1 is 1.24 bits per heavy atom. The molecule has 1 unspecified atom stereocenters. The Balaban J connectivity index is 1.60. The van der Waals surface area contributed by atoms with Gasteiger partial charge in [0.05, 0.1) is 12.5 Å². The zero-order valence-corrected chi connectivity index (χ0v) is 16.5. The van der Waals surface area contributed by atoms with Crippen LogP contribution in [0.1, 0.15) is 51.5 Å². The number of ether oxygens (including phenoxy) is 1. The predicted molar refractivity (Wildman–Crippen MR) is 101 cm³/mol. The van der Waals surface area contributed by atoms with Gasteiger partial charge in [0.1, 0.15) is 5.75 Å². The van der Waals surface area contributed by atoms with Gasteiger partial charge in [-0.3, -0.25) is 9.59 Å². The third-order valence-electron chi connectivity index (χ3n) is 5.33. The van der Waals surface area contributed by atoms with Crippen LogP contribution in [0.2, 0.25) is 0 Å². The fraction of sp³-hybridized carbons (Fsp3) is 0.524. The SMILES string of the molecule is CC(C)N1C(=O)C(CC(=O)NCc2ccc(OC(F)(F)F)cc2)=C2CCCCC21. The molecule has 1 aromatic carbocycles. The Bertz CT molecular complexity index is 800. The molecule has 1 heterocycles. The number of fused-ring (bicyclic) bond motifs is 1. The summed E-state index contributed by atoms with van der Waals surface area (Å²) in [4.78, 5) is 27.2. The van der Waals surface area contributed by atoms with Gasteiger partial charge in [0.2, 0.25) is 5.91 Å². The second kappa shape index (κ2) is 8.47. The molecule has 2 aliphatic rings. The zero-order valence-electron chi connectivity index (χ0n) is 16.5. The molecule has 2 amide bonds. The second-order valence-corrected chi connectivity index (χ2v) is 7.72. The summed E-state index contributed by atoms with van der Waals surface area (Å²) in [6.45, 7) is 4.14. The highest BCUT2D eigenvalue weighted by molar-refractivity contribution is 6.02. The van der Waals surface area contributed by atoms with Gasteiger partial charge in [-0.15, -0.1) is 13.2 Å². The number of alkyl halides is 3. The molecule has 29 heavy (non-hydrogen) atoms. The molecular weight excluding hydrogens is 385 g/mol. The molecule has 1 saturated carbocycles. The lowest BCUT2D eigenvalue weighted by Crippen LogP contribution is -2.41. The molecule has 1 aliphatic carbocycles. The standard InChI is InChI=1S/C21H25F3N2O3/c1-13(2)26-18-6-4-3-5-16(18)17(20(26)28)11-19(27)25-12-14-7-9-15(10-8-14)29-21(22,23)24/h7-10,13,18H,3-6,11-12H2,1-2H3,(H,25,27). The van der Waals surface area contributed by atoms with Crippen molar-refractivity contribution in [3.05, 3.63) is 41.0 Å². The van der Waals surface area contributed by atoms with E-state index >= 15 is 0 Å². The van der Waals surface area contributed by atoms with Crippen molar-refractivity contribution in [1.82, 2.24) is 10.2 Å². The zero-order chi connectivity index (χ0) is 21.2. The van der Waals surface area contributed by atoms with E-state index < -0.39 is 6.36 Å². The number of carbonyl (C=O) groups is 2. The van der Waals surface area contributed by atoms with E-state index in [9.17, 15) is 22.8 Å². The monoisotopic (exact) mass is 410 g/mol. The fourth-order valence-electron chi connectivity index (χ4n) is 4.10. The van der Waals surface area contributed by atoms with E-state index in [1.165, 1.54) is 24.3 Å². The largest absolute Gasteiger partial charge is 0.573 e. The summed E-state index contributed by atoms with van der Waals surface area (Å²) < 4.78 is 40.4. The van der Waals surface area contributed by atoms with Crippen LogP contribution in [0.4, 0.5) is 13.2 Å². The van der Waals surface area contributed by atoms with Crippen LogP contribution in [0.15, 0.2) is 35.4 Å². The maximum atomic E-state index is 12.9. The highest BCUT2D eigenvalue weighted by Crippen LogP contribution is 2.38. The van der Waals surface area contributed by atoms with Crippen molar-refractivity contribution in [1.29, 1.82) is 0 Å². The Morgan fingerprint density at radius 2 is 1.93 bits per heavy atom. The van der Waals surface area contributed by atoms with E-state index in [4.69, 9.17) is 0 Å². The number of hydrogen-bond acceptors (Lipinski definition) is 3. The molecule has 0 radical (unpaired) electrons. The minimum Gasteiger partial charge on any atom is -0.406 e. The molecule has 8 heteroatoms. The van der Waals surface area contributed by atoms with Gasteiger partial charge < -0.3 is 15.0 Å². The van der Waals surface area contributed by atoms with E-state index in [0.717, 1.165) is 31.3 Å². The van der Waals surface area contributed by atoms with Crippen LogP contribution in [0.5, 0.6) is 5.75 Å². The Morgan fingerprint density at radius 3 is 2.55 bits per heavy atom. The summed E-state index contributed by atoms with van der Waals surface area (Å²) >= 11 is 0. The van der Waals surface area contributed by atoms with E-state index in [1.54, 1.807) is 0 Å². The molecule has 0 aromatic heterocycles. The molecule has 3 rings (SSSR count). The lowest BCUT2D eigenvalue weighted by molar-refractivity contribution is -0.274. The third-order valence-corrected chi connectivity index (χ3v) is 5.33. The molecule has 1 atom stereocenters. The summed E-state index contributed by atoms with van der Waals surface area (Å²) in [6, 6.07) is 5.52. The first kappa shape index (κ1) is 21.2. The number of amides is 2. The highest BCUT2D eigenvalue weighted by Gasteiger charge is 2.41. The molecule has 5 nitrogen and oxygen atoms in total. The van der Waals surface area contributed by atoms with Crippen molar-refractivity contribution in [2.45, 2.75) is 70.9 Å². The average Bonchev–Trinajstić information content (AvgIpc) is 2.92. The van der Waals surface area contributed by atoms with Crippen molar-refractivity contribution in [3.8, 4) is 5.75 Å². The average molecular weight is 410 g/mol. The summed E-state index contributed by atoms with van der Waals surface area (Å²) in [5.41, 5.74) is 2.34. The van der Waals surface area contributed by atoms with Gasteiger partial charge in [-0.1, -0.05) is 18.6 Å². The number of carbonyl (C=O) groups excluding carboxylic acids is 2. The number of nitrogens with one attached hydrogen (secondary N) is 1. The third kappa shape index (κ3) is 5.10. The first-order valence-corrected chi connectivity index (χ1v) is 9.81. The Hall–Kier alpha value is -2.51. The van der Waals surface area contributed by atoms with Gasteiger partial charge in [0.25, 0.3) is 5.91 Å². The van der Waals surface area contributed by atoms with Crippen molar-refractivity contribution in [3.63, 3.8) is 0 Å².